The van der Waals surface area contributed by atoms with Crippen molar-refractivity contribution in [3.8, 4) is 5.75 Å². The summed E-state index contributed by atoms with van der Waals surface area (Å²) >= 11 is 0. The number of halogens is 1. The highest BCUT2D eigenvalue weighted by Crippen LogP contribution is 2.26. The number of Topliss-reactive ketones (excluding diaryl/α,β-unsaturated/α-hetero) is 1. The van der Waals surface area contributed by atoms with Gasteiger partial charge in [0.05, 0.1) is 5.39 Å². The number of ether oxygens (including phenoxy) is 1. The van der Waals surface area contributed by atoms with Gasteiger partial charge in [0.2, 0.25) is 0 Å². The highest BCUT2D eigenvalue weighted by molar-refractivity contribution is 6.04. The fourth-order valence-corrected chi connectivity index (χ4v) is 2.82. The van der Waals surface area contributed by atoms with E-state index >= 15 is 0 Å². The molecule has 5 heteroatoms. The largest absolute Gasteiger partial charge is 0.485 e. The van der Waals surface area contributed by atoms with Gasteiger partial charge < -0.3 is 9.15 Å². The lowest BCUT2D eigenvalue weighted by Gasteiger charge is -2.07. The standard InChI is InChI=1S/C21H13FO4/c22-14-7-5-13(6-8-14)19(23)12-25-15-9-10-17-16-3-1-2-4-18(16)21(24)26-20(17)11-15/h1-11H,12H2. The minimum absolute atomic E-state index is 0.199. The average Bonchev–Trinajstić information content (AvgIpc) is 2.67. The molecule has 1 aromatic heterocycles. The number of carbonyl (C=O) groups excluding carboxylic acids is 1. The van der Waals surface area contributed by atoms with Gasteiger partial charge in [0.1, 0.15) is 17.1 Å². The van der Waals surface area contributed by atoms with Gasteiger partial charge in [-0.3, -0.25) is 4.79 Å². The van der Waals surface area contributed by atoms with Crippen LogP contribution >= 0.6 is 0 Å². The summed E-state index contributed by atoms with van der Waals surface area (Å²) in [6, 6.07) is 17.6. The van der Waals surface area contributed by atoms with Crippen molar-refractivity contribution >= 4 is 27.5 Å². The van der Waals surface area contributed by atoms with Gasteiger partial charge in [0, 0.05) is 17.0 Å². The van der Waals surface area contributed by atoms with Crippen LogP contribution in [0.4, 0.5) is 4.39 Å². The van der Waals surface area contributed by atoms with Crippen LogP contribution in [0, 0.1) is 5.82 Å². The van der Waals surface area contributed by atoms with Crippen molar-refractivity contribution in [2.75, 3.05) is 6.61 Å². The van der Waals surface area contributed by atoms with Gasteiger partial charge in [-0.2, -0.15) is 0 Å². The van der Waals surface area contributed by atoms with E-state index in [0.717, 1.165) is 10.8 Å². The van der Waals surface area contributed by atoms with E-state index in [1.54, 1.807) is 30.3 Å². The predicted molar refractivity (Wildman–Crippen MR) is 96.2 cm³/mol. The van der Waals surface area contributed by atoms with Crippen LogP contribution in [0.15, 0.2) is 75.9 Å². The molecule has 4 nitrogen and oxygen atoms in total. The van der Waals surface area contributed by atoms with Crippen molar-refractivity contribution in [1.82, 2.24) is 0 Å². The molecular formula is C21H13FO4. The number of ketones is 1. The third-order valence-corrected chi connectivity index (χ3v) is 4.13. The van der Waals surface area contributed by atoms with Crippen LogP contribution < -0.4 is 10.4 Å². The summed E-state index contributed by atoms with van der Waals surface area (Å²) in [5, 5.41) is 2.10. The molecule has 4 aromatic rings. The number of benzene rings is 3. The summed E-state index contributed by atoms with van der Waals surface area (Å²) in [7, 11) is 0. The monoisotopic (exact) mass is 348 g/mol. The molecule has 0 aliphatic heterocycles. The molecule has 0 saturated carbocycles. The summed E-state index contributed by atoms with van der Waals surface area (Å²) in [6.07, 6.45) is 0. The maximum absolute atomic E-state index is 12.9. The van der Waals surface area contributed by atoms with Gasteiger partial charge in [-0.1, -0.05) is 18.2 Å². The number of fused-ring (bicyclic) bond motifs is 3. The molecule has 0 saturated heterocycles. The molecule has 26 heavy (non-hydrogen) atoms. The zero-order valence-electron chi connectivity index (χ0n) is 13.6. The van der Waals surface area contributed by atoms with E-state index in [1.807, 2.05) is 12.1 Å². The maximum atomic E-state index is 12.9. The van der Waals surface area contributed by atoms with Crippen LogP contribution in [-0.2, 0) is 0 Å². The first-order valence-electron chi connectivity index (χ1n) is 7.99. The van der Waals surface area contributed by atoms with E-state index in [9.17, 15) is 14.0 Å². The van der Waals surface area contributed by atoms with E-state index in [0.29, 0.717) is 22.3 Å². The normalized spacial score (nSPS) is 11.0. The molecular weight excluding hydrogens is 335 g/mol. The molecule has 0 unspecified atom stereocenters. The Morgan fingerprint density at radius 2 is 1.65 bits per heavy atom. The summed E-state index contributed by atoms with van der Waals surface area (Å²) in [4.78, 5) is 24.2. The molecule has 4 rings (SSSR count). The van der Waals surface area contributed by atoms with E-state index in [4.69, 9.17) is 9.15 Å². The minimum Gasteiger partial charge on any atom is -0.485 e. The third kappa shape index (κ3) is 2.95. The van der Waals surface area contributed by atoms with Gasteiger partial charge in [-0.25, -0.2) is 9.18 Å². The van der Waals surface area contributed by atoms with Crippen molar-refractivity contribution in [3.63, 3.8) is 0 Å². The Balaban J connectivity index is 1.61. The third-order valence-electron chi connectivity index (χ3n) is 4.13. The second kappa shape index (κ2) is 6.44. The molecule has 0 fully saturated rings. The predicted octanol–water partition coefficient (Wildman–Crippen LogP) is 4.35. The van der Waals surface area contributed by atoms with Gasteiger partial charge >= 0.3 is 5.63 Å². The molecule has 128 valence electrons. The Morgan fingerprint density at radius 1 is 0.923 bits per heavy atom. The molecule has 0 radical (unpaired) electrons. The van der Waals surface area contributed by atoms with Crippen molar-refractivity contribution in [2.45, 2.75) is 0 Å². The topological polar surface area (TPSA) is 56.5 Å². The summed E-state index contributed by atoms with van der Waals surface area (Å²) in [5.74, 6) is -0.268. The Labute approximate surface area is 147 Å². The van der Waals surface area contributed by atoms with Crippen LogP contribution in [0.5, 0.6) is 5.75 Å². The average molecular weight is 348 g/mol. The molecule has 0 bridgehead atoms. The second-order valence-electron chi connectivity index (χ2n) is 5.81. The highest BCUT2D eigenvalue weighted by atomic mass is 19.1. The molecule has 1 heterocycles. The van der Waals surface area contributed by atoms with Crippen molar-refractivity contribution in [2.24, 2.45) is 0 Å². The van der Waals surface area contributed by atoms with Crippen LogP contribution in [0.3, 0.4) is 0 Å². The van der Waals surface area contributed by atoms with Crippen molar-refractivity contribution < 1.29 is 18.3 Å². The number of rotatable bonds is 4. The zero-order chi connectivity index (χ0) is 18.1. The van der Waals surface area contributed by atoms with E-state index < -0.39 is 11.4 Å². The number of hydrogen-bond acceptors (Lipinski definition) is 4. The Hall–Kier alpha value is -3.47. The van der Waals surface area contributed by atoms with Crippen molar-refractivity contribution in [1.29, 1.82) is 0 Å². The second-order valence-corrected chi connectivity index (χ2v) is 5.81. The molecule has 0 aliphatic rings. The molecule has 0 N–H and O–H groups in total. The quantitative estimate of drug-likeness (QED) is 0.313. The van der Waals surface area contributed by atoms with Gasteiger partial charge in [0.15, 0.2) is 12.4 Å². The highest BCUT2D eigenvalue weighted by Gasteiger charge is 2.10. The lowest BCUT2D eigenvalue weighted by molar-refractivity contribution is 0.0921. The first kappa shape index (κ1) is 16.0. The zero-order valence-corrected chi connectivity index (χ0v) is 13.6. The number of hydrogen-bond donors (Lipinski definition) is 0. The Bertz CT molecular complexity index is 1180. The maximum Gasteiger partial charge on any atom is 0.344 e. The lowest BCUT2D eigenvalue weighted by atomic mass is 10.1. The lowest BCUT2D eigenvalue weighted by Crippen LogP contribution is -2.11. The fraction of sp³-hybridized carbons (Fsp3) is 0.0476. The van der Waals surface area contributed by atoms with E-state index in [2.05, 4.69) is 0 Å². The SMILES string of the molecule is O=C(COc1ccc2c(c1)oc(=O)c1ccccc12)c1ccc(F)cc1. The molecule has 0 atom stereocenters. The summed E-state index contributed by atoms with van der Waals surface area (Å²) in [5.41, 5.74) is 0.331. The van der Waals surface area contributed by atoms with Crippen LogP contribution in [0.2, 0.25) is 0 Å². The van der Waals surface area contributed by atoms with Gasteiger partial charge in [0.25, 0.3) is 0 Å². The number of carbonyl (C=O) groups is 1. The molecule has 0 spiro atoms. The fourth-order valence-electron chi connectivity index (χ4n) is 2.82. The minimum atomic E-state index is -0.423. The van der Waals surface area contributed by atoms with Crippen molar-refractivity contribution in [3.05, 3.63) is 88.5 Å². The molecule has 3 aromatic carbocycles. The summed E-state index contributed by atoms with van der Waals surface area (Å²) < 4.78 is 23.8. The van der Waals surface area contributed by atoms with Crippen LogP contribution in [0.1, 0.15) is 10.4 Å². The van der Waals surface area contributed by atoms with Gasteiger partial charge in [-0.15, -0.1) is 0 Å². The molecule has 0 amide bonds. The summed E-state index contributed by atoms with van der Waals surface area (Å²) in [6.45, 7) is -0.199. The van der Waals surface area contributed by atoms with E-state index in [1.165, 1.54) is 24.3 Å². The van der Waals surface area contributed by atoms with Gasteiger partial charge in [-0.05, 0) is 47.9 Å². The first-order valence-corrected chi connectivity index (χ1v) is 7.99. The van der Waals surface area contributed by atoms with Crippen LogP contribution in [-0.4, -0.2) is 12.4 Å². The molecule has 0 aliphatic carbocycles. The smallest absolute Gasteiger partial charge is 0.344 e. The van der Waals surface area contributed by atoms with Crippen LogP contribution in [0.25, 0.3) is 21.7 Å². The first-order chi connectivity index (χ1) is 12.6. The van der Waals surface area contributed by atoms with E-state index in [-0.39, 0.29) is 12.4 Å². The Morgan fingerprint density at radius 3 is 2.42 bits per heavy atom. The Kier molecular flexibility index (Phi) is 3.97.